The predicted octanol–water partition coefficient (Wildman–Crippen LogP) is 3.18. The first kappa shape index (κ1) is 24.2. The van der Waals surface area contributed by atoms with Gasteiger partial charge in [0.25, 0.3) is 11.7 Å². The maximum Gasteiger partial charge on any atom is 0.295 e. The number of Topliss-reactive ketones (excluding diaryl/α,β-unsaturated/α-hetero) is 1. The lowest BCUT2D eigenvalue weighted by atomic mass is 9.94. The first-order valence-electron chi connectivity index (χ1n) is 11.9. The van der Waals surface area contributed by atoms with Crippen LogP contribution in [-0.2, 0) is 16.1 Å². The van der Waals surface area contributed by atoms with E-state index in [4.69, 9.17) is 18.9 Å². The Labute approximate surface area is 213 Å². The molecule has 5 rings (SSSR count). The first-order chi connectivity index (χ1) is 18.0. The summed E-state index contributed by atoms with van der Waals surface area (Å²) in [5, 5.41) is 11.4. The summed E-state index contributed by atoms with van der Waals surface area (Å²) < 4.78 is 24.2. The molecule has 1 N–H and O–H groups in total. The maximum atomic E-state index is 13.4. The van der Waals surface area contributed by atoms with E-state index in [1.54, 1.807) is 48.9 Å². The number of hydrogen-bond donors (Lipinski definition) is 1. The van der Waals surface area contributed by atoms with Gasteiger partial charge in [0.15, 0.2) is 23.0 Å². The number of rotatable bonds is 8. The van der Waals surface area contributed by atoms with Crippen LogP contribution in [0.1, 0.15) is 23.6 Å². The Kier molecular flexibility index (Phi) is 6.72. The summed E-state index contributed by atoms with van der Waals surface area (Å²) in [4.78, 5) is 32.2. The number of aromatic nitrogens is 2. The van der Waals surface area contributed by atoms with Gasteiger partial charge in [-0.2, -0.15) is 0 Å². The molecule has 1 fully saturated rings. The lowest BCUT2D eigenvalue weighted by Gasteiger charge is -2.27. The second kappa shape index (κ2) is 10.3. The number of benzene rings is 2. The molecule has 3 aromatic rings. The third-order valence-corrected chi connectivity index (χ3v) is 6.46. The lowest BCUT2D eigenvalue weighted by Crippen LogP contribution is -2.31. The molecule has 0 saturated carbocycles. The van der Waals surface area contributed by atoms with Crippen molar-refractivity contribution < 1.29 is 33.6 Å². The van der Waals surface area contributed by atoms with Crippen molar-refractivity contribution in [2.45, 2.75) is 19.0 Å². The van der Waals surface area contributed by atoms with E-state index in [-0.39, 0.29) is 17.9 Å². The average molecular weight is 506 g/mol. The van der Waals surface area contributed by atoms with Crippen molar-refractivity contribution in [2.75, 3.05) is 34.0 Å². The van der Waals surface area contributed by atoms with E-state index in [0.717, 1.165) is 0 Å². The zero-order valence-corrected chi connectivity index (χ0v) is 20.5. The molecule has 0 bridgehead atoms. The van der Waals surface area contributed by atoms with E-state index in [1.807, 2.05) is 10.8 Å². The Bertz CT molecular complexity index is 1350. The van der Waals surface area contributed by atoms with Gasteiger partial charge in [0.05, 0.1) is 32.2 Å². The number of ketones is 1. The van der Waals surface area contributed by atoms with Gasteiger partial charge < -0.3 is 33.5 Å². The SMILES string of the molecule is COc1cccc([C@@H]2C(=C(O)c3ccc4c(c3)OCCO4)C(=O)C(=O)N2CCCn2ccnc2)c1OC. The summed E-state index contributed by atoms with van der Waals surface area (Å²) in [7, 11) is 3.01. The normalized spacial score (nSPS) is 18.2. The van der Waals surface area contributed by atoms with E-state index >= 15 is 0 Å². The first-order valence-corrected chi connectivity index (χ1v) is 11.9. The van der Waals surface area contributed by atoms with Crippen LogP contribution in [0, 0.1) is 0 Å². The summed E-state index contributed by atoms with van der Waals surface area (Å²) >= 11 is 0. The van der Waals surface area contributed by atoms with Gasteiger partial charge in [-0.1, -0.05) is 12.1 Å². The number of para-hydroxylation sites is 1. The fourth-order valence-electron chi connectivity index (χ4n) is 4.75. The summed E-state index contributed by atoms with van der Waals surface area (Å²) in [5.74, 6) is 0.0638. The molecule has 0 aliphatic carbocycles. The highest BCUT2D eigenvalue weighted by molar-refractivity contribution is 6.46. The number of aliphatic hydroxyl groups excluding tert-OH is 1. The number of likely N-dealkylation sites (tertiary alicyclic amines) is 1. The molecule has 2 aliphatic rings. The maximum absolute atomic E-state index is 13.4. The van der Waals surface area contributed by atoms with Gasteiger partial charge in [0.2, 0.25) is 0 Å². The molecule has 0 spiro atoms. The quantitative estimate of drug-likeness (QED) is 0.282. The Morgan fingerprint density at radius 1 is 1.08 bits per heavy atom. The Morgan fingerprint density at radius 3 is 2.62 bits per heavy atom. The van der Waals surface area contributed by atoms with E-state index in [0.29, 0.717) is 60.3 Å². The van der Waals surface area contributed by atoms with Crippen LogP contribution in [0.4, 0.5) is 0 Å². The smallest absolute Gasteiger partial charge is 0.295 e. The van der Waals surface area contributed by atoms with E-state index in [2.05, 4.69) is 4.98 Å². The Balaban J connectivity index is 1.60. The molecule has 3 heterocycles. The number of nitrogens with zero attached hydrogens (tertiary/aromatic N) is 3. The molecule has 0 radical (unpaired) electrons. The molecule has 2 aliphatic heterocycles. The van der Waals surface area contributed by atoms with Gasteiger partial charge in [-0.25, -0.2) is 4.98 Å². The summed E-state index contributed by atoms with van der Waals surface area (Å²) in [6, 6.07) is 9.27. The highest BCUT2D eigenvalue weighted by atomic mass is 16.6. The van der Waals surface area contributed by atoms with Gasteiger partial charge in [0.1, 0.15) is 19.0 Å². The van der Waals surface area contributed by atoms with Crippen LogP contribution < -0.4 is 18.9 Å². The molecule has 37 heavy (non-hydrogen) atoms. The second-order valence-corrected chi connectivity index (χ2v) is 8.59. The predicted molar refractivity (Wildman–Crippen MR) is 133 cm³/mol. The van der Waals surface area contributed by atoms with Crippen molar-refractivity contribution in [1.82, 2.24) is 14.5 Å². The number of aliphatic hydroxyl groups is 1. The van der Waals surface area contributed by atoms with Crippen molar-refractivity contribution >= 4 is 17.4 Å². The average Bonchev–Trinajstić information content (AvgIpc) is 3.54. The van der Waals surface area contributed by atoms with E-state index in [9.17, 15) is 14.7 Å². The lowest BCUT2D eigenvalue weighted by molar-refractivity contribution is -0.140. The fraction of sp³-hybridized carbons (Fsp3) is 0.296. The van der Waals surface area contributed by atoms with Gasteiger partial charge in [-0.3, -0.25) is 9.59 Å². The minimum absolute atomic E-state index is 0.0316. The standard InChI is InChI=1S/C27H27N3O7/c1-34-20-6-3-5-18(26(20)35-2)23-22(24(31)17-7-8-19-21(15-17)37-14-13-36-19)25(32)27(33)30(23)11-4-10-29-12-9-28-16-29/h3,5-9,12,15-16,23,31H,4,10-11,13-14H2,1-2H3/t23-/m1/s1. The number of ether oxygens (including phenoxy) is 4. The van der Waals surface area contributed by atoms with Crippen LogP contribution in [0.2, 0.25) is 0 Å². The number of amides is 1. The van der Waals surface area contributed by atoms with E-state index in [1.165, 1.54) is 19.1 Å². The van der Waals surface area contributed by atoms with Crippen LogP contribution in [0.5, 0.6) is 23.0 Å². The highest BCUT2D eigenvalue weighted by Gasteiger charge is 2.47. The minimum Gasteiger partial charge on any atom is -0.507 e. The van der Waals surface area contributed by atoms with Crippen LogP contribution in [-0.4, -0.2) is 65.2 Å². The van der Waals surface area contributed by atoms with Crippen LogP contribution in [0.15, 0.2) is 60.7 Å². The molecule has 192 valence electrons. The second-order valence-electron chi connectivity index (χ2n) is 8.59. The monoisotopic (exact) mass is 505 g/mol. The topological polar surface area (TPSA) is 112 Å². The number of carbonyl (C=O) groups excluding carboxylic acids is 2. The molecule has 1 saturated heterocycles. The Morgan fingerprint density at radius 2 is 1.89 bits per heavy atom. The third kappa shape index (κ3) is 4.46. The van der Waals surface area contributed by atoms with Gasteiger partial charge in [-0.15, -0.1) is 0 Å². The number of fused-ring (bicyclic) bond motifs is 1. The highest BCUT2D eigenvalue weighted by Crippen LogP contribution is 2.46. The molecule has 0 unspecified atom stereocenters. The van der Waals surface area contributed by atoms with E-state index < -0.39 is 17.7 Å². The zero-order chi connectivity index (χ0) is 25.9. The van der Waals surface area contributed by atoms with Crippen LogP contribution in [0.3, 0.4) is 0 Å². The molecular formula is C27H27N3O7. The van der Waals surface area contributed by atoms with Gasteiger partial charge in [0, 0.05) is 36.6 Å². The number of imidazole rings is 1. The molecule has 1 atom stereocenters. The van der Waals surface area contributed by atoms with Crippen LogP contribution >= 0.6 is 0 Å². The fourth-order valence-corrected chi connectivity index (χ4v) is 4.75. The molecular weight excluding hydrogens is 478 g/mol. The molecule has 1 aromatic heterocycles. The molecule has 10 heteroatoms. The van der Waals surface area contributed by atoms with Crippen molar-refractivity contribution in [2.24, 2.45) is 0 Å². The molecule has 10 nitrogen and oxygen atoms in total. The van der Waals surface area contributed by atoms with Crippen molar-refractivity contribution in [3.63, 3.8) is 0 Å². The summed E-state index contributed by atoms with van der Waals surface area (Å²) in [6.45, 7) is 1.68. The summed E-state index contributed by atoms with van der Waals surface area (Å²) in [6.07, 6.45) is 5.77. The van der Waals surface area contributed by atoms with Crippen LogP contribution in [0.25, 0.3) is 5.76 Å². The molecule has 1 amide bonds. The minimum atomic E-state index is -0.888. The number of hydrogen-bond acceptors (Lipinski definition) is 8. The third-order valence-electron chi connectivity index (χ3n) is 6.46. The van der Waals surface area contributed by atoms with Crippen molar-refractivity contribution in [3.05, 3.63) is 71.8 Å². The number of methoxy groups -OCH3 is 2. The number of aryl methyl sites for hydroxylation is 1. The largest absolute Gasteiger partial charge is 0.507 e. The van der Waals surface area contributed by atoms with Gasteiger partial charge >= 0.3 is 0 Å². The van der Waals surface area contributed by atoms with Crippen molar-refractivity contribution in [1.29, 1.82) is 0 Å². The zero-order valence-electron chi connectivity index (χ0n) is 20.5. The summed E-state index contributed by atoms with van der Waals surface area (Å²) in [5.41, 5.74) is 0.839. The van der Waals surface area contributed by atoms with Gasteiger partial charge in [-0.05, 0) is 30.7 Å². The van der Waals surface area contributed by atoms with Crippen molar-refractivity contribution in [3.8, 4) is 23.0 Å². The Hall–Kier alpha value is -4.47. The number of carbonyl (C=O) groups is 2. The molecule has 2 aromatic carbocycles.